The van der Waals surface area contributed by atoms with Crippen LogP contribution in [0.3, 0.4) is 0 Å². The average Bonchev–Trinajstić information content (AvgIpc) is 2.79. The minimum atomic E-state index is 0.00733. The number of thioether (sulfide) groups is 1. The lowest BCUT2D eigenvalue weighted by Gasteiger charge is -2.22. The predicted octanol–water partition coefficient (Wildman–Crippen LogP) is 7.40. The van der Waals surface area contributed by atoms with E-state index in [9.17, 15) is 4.79 Å². The Balaban J connectivity index is 1.53. The summed E-state index contributed by atoms with van der Waals surface area (Å²) >= 11 is 1.41. The van der Waals surface area contributed by atoms with Crippen LogP contribution in [-0.2, 0) is 0 Å². The summed E-state index contributed by atoms with van der Waals surface area (Å²) < 4.78 is 0. The summed E-state index contributed by atoms with van der Waals surface area (Å²) in [4.78, 5) is 13.1. The van der Waals surface area contributed by atoms with Crippen molar-refractivity contribution in [2.45, 2.75) is 43.3 Å². The Morgan fingerprint density at radius 1 is 0.714 bits per heavy atom. The first-order valence-corrected chi connectivity index (χ1v) is 11.1. The first-order chi connectivity index (χ1) is 13.8. The van der Waals surface area contributed by atoms with E-state index in [2.05, 4.69) is 36.4 Å². The first-order valence-electron chi connectivity index (χ1n) is 10.2. The third-order valence-electron chi connectivity index (χ3n) is 5.65. The number of rotatable bonds is 5. The molecule has 0 aliphatic heterocycles. The second-order valence-electron chi connectivity index (χ2n) is 7.56. The molecule has 1 nitrogen and oxygen atoms in total. The lowest BCUT2D eigenvalue weighted by molar-refractivity contribution is 0.108. The fourth-order valence-electron chi connectivity index (χ4n) is 4.09. The Bertz CT molecular complexity index is 841. The molecule has 1 fully saturated rings. The van der Waals surface area contributed by atoms with E-state index in [1.807, 2.05) is 48.5 Å². The van der Waals surface area contributed by atoms with E-state index in [4.69, 9.17) is 0 Å². The van der Waals surface area contributed by atoms with Gasteiger partial charge in [-0.3, -0.25) is 4.79 Å². The van der Waals surface area contributed by atoms with Crippen molar-refractivity contribution >= 4 is 16.9 Å². The van der Waals surface area contributed by atoms with Gasteiger partial charge in [0.25, 0.3) is 0 Å². The SMILES string of the molecule is O=C(SC(c1ccccc1)c1ccccc1)c1ccc(C2CCCCC2)cc1. The van der Waals surface area contributed by atoms with Gasteiger partial charge in [-0.2, -0.15) is 0 Å². The van der Waals surface area contributed by atoms with Crippen LogP contribution in [0.25, 0.3) is 0 Å². The van der Waals surface area contributed by atoms with Gasteiger partial charge in [0.1, 0.15) is 0 Å². The molecule has 28 heavy (non-hydrogen) atoms. The van der Waals surface area contributed by atoms with E-state index in [0.29, 0.717) is 5.92 Å². The normalized spacial score (nSPS) is 14.9. The van der Waals surface area contributed by atoms with Gasteiger partial charge < -0.3 is 0 Å². The summed E-state index contributed by atoms with van der Waals surface area (Å²) in [6.07, 6.45) is 6.59. The molecule has 0 bridgehead atoms. The van der Waals surface area contributed by atoms with Crippen LogP contribution in [-0.4, -0.2) is 5.12 Å². The Kier molecular flexibility index (Phi) is 6.28. The minimum absolute atomic E-state index is 0.00733. The molecule has 0 unspecified atom stereocenters. The predicted molar refractivity (Wildman–Crippen MR) is 119 cm³/mol. The molecule has 1 aliphatic carbocycles. The molecule has 0 heterocycles. The van der Waals surface area contributed by atoms with E-state index >= 15 is 0 Å². The lowest BCUT2D eigenvalue weighted by atomic mass is 9.84. The van der Waals surface area contributed by atoms with Crippen LogP contribution in [0.2, 0.25) is 0 Å². The zero-order valence-electron chi connectivity index (χ0n) is 16.1. The Morgan fingerprint density at radius 3 is 1.79 bits per heavy atom. The molecule has 0 saturated heterocycles. The van der Waals surface area contributed by atoms with Gasteiger partial charge in [0.05, 0.1) is 5.25 Å². The topological polar surface area (TPSA) is 17.1 Å². The molecule has 0 N–H and O–H groups in total. The fourth-order valence-corrected chi connectivity index (χ4v) is 5.16. The second kappa shape index (κ2) is 9.25. The summed E-state index contributed by atoms with van der Waals surface area (Å²) in [6.45, 7) is 0. The highest BCUT2D eigenvalue weighted by Gasteiger charge is 2.21. The summed E-state index contributed by atoms with van der Waals surface area (Å²) in [7, 11) is 0. The highest BCUT2D eigenvalue weighted by Crippen LogP contribution is 2.38. The summed E-state index contributed by atoms with van der Waals surface area (Å²) in [5.41, 5.74) is 4.50. The number of hydrogen-bond donors (Lipinski definition) is 0. The highest BCUT2D eigenvalue weighted by molar-refractivity contribution is 8.14. The van der Waals surface area contributed by atoms with Crippen molar-refractivity contribution in [3.8, 4) is 0 Å². The van der Waals surface area contributed by atoms with Crippen molar-refractivity contribution < 1.29 is 4.79 Å². The maximum Gasteiger partial charge on any atom is 0.220 e. The van der Waals surface area contributed by atoms with Crippen LogP contribution in [0, 0.1) is 0 Å². The summed E-state index contributed by atoms with van der Waals surface area (Å²) in [5.74, 6) is 0.673. The van der Waals surface area contributed by atoms with Gasteiger partial charge in [0.15, 0.2) is 0 Å². The molecule has 3 aromatic rings. The highest BCUT2D eigenvalue weighted by atomic mass is 32.2. The van der Waals surface area contributed by atoms with Crippen molar-refractivity contribution in [2.75, 3.05) is 0 Å². The molecule has 0 radical (unpaired) electrons. The third kappa shape index (κ3) is 4.56. The second-order valence-corrected chi connectivity index (χ2v) is 8.64. The van der Waals surface area contributed by atoms with Crippen LogP contribution >= 0.6 is 11.8 Å². The molecule has 0 amide bonds. The van der Waals surface area contributed by atoms with Crippen LogP contribution in [0.1, 0.15) is 70.3 Å². The van der Waals surface area contributed by atoms with Gasteiger partial charge >= 0.3 is 0 Å². The number of hydrogen-bond acceptors (Lipinski definition) is 2. The maximum atomic E-state index is 13.1. The lowest BCUT2D eigenvalue weighted by Crippen LogP contribution is -2.05. The zero-order chi connectivity index (χ0) is 19.2. The number of benzene rings is 3. The molecule has 0 aromatic heterocycles. The minimum Gasteiger partial charge on any atom is -0.282 e. The van der Waals surface area contributed by atoms with Gasteiger partial charge in [-0.15, -0.1) is 0 Å². The molecule has 3 aromatic carbocycles. The molecule has 142 valence electrons. The Labute approximate surface area is 172 Å². The van der Waals surface area contributed by atoms with Crippen LogP contribution in [0.4, 0.5) is 0 Å². The molecule has 4 rings (SSSR count). The number of carbonyl (C=O) groups is 1. The summed E-state index contributed by atoms with van der Waals surface area (Å²) in [5, 5.41) is 0.140. The molecule has 0 atom stereocenters. The van der Waals surface area contributed by atoms with Crippen molar-refractivity contribution in [3.05, 3.63) is 107 Å². The molecule has 1 aliphatic rings. The van der Waals surface area contributed by atoms with Crippen LogP contribution < -0.4 is 0 Å². The largest absolute Gasteiger partial charge is 0.282 e. The molecular weight excluding hydrogens is 360 g/mol. The monoisotopic (exact) mass is 386 g/mol. The van der Waals surface area contributed by atoms with E-state index in [0.717, 1.165) is 16.7 Å². The summed E-state index contributed by atoms with van der Waals surface area (Å²) in [6, 6.07) is 29.0. The molecule has 0 spiro atoms. The van der Waals surface area contributed by atoms with Crippen molar-refractivity contribution in [1.29, 1.82) is 0 Å². The van der Waals surface area contributed by atoms with Gasteiger partial charge in [-0.25, -0.2) is 0 Å². The van der Waals surface area contributed by atoms with E-state index < -0.39 is 0 Å². The Morgan fingerprint density at radius 2 is 1.25 bits per heavy atom. The van der Waals surface area contributed by atoms with Crippen LogP contribution in [0.15, 0.2) is 84.9 Å². The third-order valence-corrected chi connectivity index (χ3v) is 6.88. The van der Waals surface area contributed by atoms with Crippen molar-refractivity contribution in [3.63, 3.8) is 0 Å². The van der Waals surface area contributed by atoms with Crippen molar-refractivity contribution in [2.24, 2.45) is 0 Å². The van der Waals surface area contributed by atoms with Gasteiger partial charge in [0.2, 0.25) is 5.12 Å². The quantitative estimate of drug-likeness (QED) is 0.454. The molecule has 1 saturated carbocycles. The first kappa shape index (κ1) is 19.0. The fraction of sp³-hybridized carbons (Fsp3) is 0.269. The van der Waals surface area contributed by atoms with Crippen molar-refractivity contribution in [1.82, 2.24) is 0 Å². The van der Waals surface area contributed by atoms with Gasteiger partial charge in [-0.1, -0.05) is 116 Å². The van der Waals surface area contributed by atoms with Crippen LogP contribution in [0.5, 0.6) is 0 Å². The molecule has 2 heteroatoms. The van der Waals surface area contributed by atoms with Gasteiger partial charge in [-0.05, 0) is 35.4 Å². The smallest absolute Gasteiger partial charge is 0.220 e. The van der Waals surface area contributed by atoms with E-state index in [1.54, 1.807) is 0 Å². The zero-order valence-corrected chi connectivity index (χ0v) is 16.9. The average molecular weight is 387 g/mol. The maximum absolute atomic E-state index is 13.1. The van der Waals surface area contributed by atoms with E-state index in [-0.39, 0.29) is 10.4 Å². The number of carbonyl (C=O) groups excluding carboxylic acids is 1. The van der Waals surface area contributed by atoms with E-state index in [1.165, 1.54) is 49.4 Å². The Hall–Kier alpha value is -2.32. The molecular formula is C26H26OS. The standard InChI is InChI=1S/C26H26OS/c27-26(24-18-16-21(17-19-24)20-10-4-1-5-11-20)28-25(22-12-6-2-7-13-22)23-14-8-3-9-15-23/h2-3,6-9,12-20,25H,1,4-5,10-11H2. The van der Waals surface area contributed by atoms with Gasteiger partial charge in [0, 0.05) is 5.56 Å².